The largest absolute Gasteiger partial charge is 0.398 e. The van der Waals surface area contributed by atoms with Crippen molar-refractivity contribution in [3.63, 3.8) is 0 Å². The summed E-state index contributed by atoms with van der Waals surface area (Å²) in [5.74, 6) is 1.21. The fraction of sp³-hybridized carbons (Fsp3) is 0.483. The SMILES string of the molecule is C/C(NC=O)=C(/C)c1cc(C(C)(C)C)c(N)c(C(C)(C)C)c1.Cc1cc(C(C)(C)C)c(Cc2nc(Nc3c(C)c(C)c(C#N)c(C)c3C)nc(C)c2C)c(C(C)(C)C)c1.Cc1nc(Nc2c(C)c(C)c(C#N)c(C)c2C)nc(C)c1C.[C-]#[N+]/C(C)=C(\C)c1cc(C(C)(C)C)c(N)c(C(C)(C)C)c1. The Morgan fingerprint density at radius 2 is 0.735 bits per heavy atom. The fourth-order valence-corrected chi connectivity index (χ4v) is 12.7. The molecule has 2 heterocycles. The van der Waals surface area contributed by atoms with Crippen molar-refractivity contribution in [2.45, 2.75) is 288 Å². The van der Waals surface area contributed by atoms with Gasteiger partial charge in [0.2, 0.25) is 18.3 Å². The molecule has 2 aromatic heterocycles. The van der Waals surface area contributed by atoms with Crippen LogP contribution in [0.4, 0.5) is 34.6 Å². The van der Waals surface area contributed by atoms with Crippen LogP contribution in [0.5, 0.6) is 0 Å². The van der Waals surface area contributed by atoms with Crippen LogP contribution in [-0.2, 0) is 43.7 Å². The van der Waals surface area contributed by atoms with Gasteiger partial charge in [0.05, 0.1) is 35.5 Å². The third-order valence-corrected chi connectivity index (χ3v) is 20.4. The highest BCUT2D eigenvalue weighted by molar-refractivity contribution is 5.77. The Kier molecular flexibility index (Phi) is 27.1. The quantitative estimate of drug-likeness (QED) is 0.0494. The molecule has 7 N–H and O–H groups in total. The van der Waals surface area contributed by atoms with E-state index in [1.807, 2.05) is 90.0 Å². The topological polar surface area (TPSA) is 209 Å². The zero-order valence-electron chi connectivity index (χ0n) is 69.4. The number of nitriles is 2. The molecule has 0 saturated heterocycles. The van der Waals surface area contributed by atoms with E-state index in [-0.39, 0.29) is 32.5 Å². The molecular formula is C89H124N12O. The number of hydrogen-bond donors (Lipinski definition) is 5. The molecular weight excluding hydrogens is 1250 g/mol. The molecule has 13 heteroatoms. The minimum Gasteiger partial charge on any atom is -0.398 e. The molecule has 546 valence electrons. The highest BCUT2D eigenvalue weighted by Crippen LogP contribution is 2.43. The van der Waals surface area contributed by atoms with Gasteiger partial charge in [-0.3, -0.25) is 4.79 Å². The number of nitrogens with two attached hydrogens (primary N) is 2. The van der Waals surface area contributed by atoms with Crippen LogP contribution in [0.1, 0.15) is 297 Å². The third-order valence-electron chi connectivity index (χ3n) is 20.4. The number of nitrogens with one attached hydrogen (secondary N) is 3. The molecule has 5 aromatic carbocycles. The predicted molar refractivity (Wildman–Crippen MR) is 435 cm³/mol. The predicted octanol–water partition coefficient (Wildman–Crippen LogP) is 22.6. The van der Waals surface area contributed by atoms with Crippen LogP contribution in [0.3, 0.4) is 0 Å². The summed E-state index contributed by atoms with van der Waals surface area (Å²) in [6.07, 6.45) is 1.47. The van der Waals surface area contributed by atoms with Gasteiger partial charge in [-0.25, -0.2) is 24.8 Å². The minimum atomic E-state index is -0.0354. The average molecular weight is 1380 g/mol. The van der Waals surface area contributed by atoms with Crippen molar-refractivity contribution in [2.75, 3.05) is 22.1 Å². The molecule has 0 saturated carbocycles. The van der Waals surface area contributed by atoms with Crippen molar-refractivity contribution in [3.05, 3.63) is 204 Å². The van der Waals surface area contributed by atoms with Gasteiger partial charge in [-0.2, -0.15) is 10.5 Å². The Morgan fingerprint density at radius 1 is 0.441 bits per heavy atom. The number of nitrogens with zero attached hydrogens (tertiary/aromatic N) is 7. The van der Waals surface area contributed by atoms with Crippen LogP contribution in [-0.4, -0.2) is 26.3 Å². The van der Waals surface area contributed by atoms with Crippen LogP contribution < -0.4 is 27.4 Å². The normalized spacial score (nSPS) is 12.4. The molecule has 1 amide bonds. The lowest BCUT2D eigenvalue weighted by molar-refractivity contribution is -0.108. The molecule has 0 fully saturated rings. The first-order chi connectivity index (χ1) is 46.5. The Bertz CT molecular complexity index is 4360. The number of carbonyl (C=O) groups is 1. The van der Waals surface area contributed by atoms with E-state index >= 15 is 0 Å². The second-order valence-corrected chi connectivity index (χ2v) is 34.3. The molecule has 0 aliphatic carbocycles. The molecule has 0 spiro atoms. The molecule has 7 aromatic rings. The standard InChI is InChI=1S/C33H44N4.C19H30N2O.C19H28N2.C18H22N4/c1-18-14-27(32(8,9)10)25(28(15-18)33(11,12)13)16-29-23(6)24(7)35-31(36-29)37-30-21(4)19(2)26(17-34)20(3)22(30)5;1-12(13(2)21-11-22)14-9-15(18(3,4)5)17(20)16(10-14)19(6,7)8;1-12(13(2)21-9)14-10-15(18(3,4)5)17(20)16(11-14)19(6,7)8;1-9-11(3)17(12(4)10(2)16(9)8-19)22-18-20-14(6)13(5)15(7)21-18/h14-15H,16H2,1-13H3,(H,35,36,37);9-11H,20H2,1-8H3,(H,21,22);10-11H,20H2,1-8H3;1-7H3,(H,20,21,22)/b;2*13-12+;. The van der Waals surface area contributed by atoms with Gasteiger partial charge in [0.15, 0.2) is 5.70 Å². The zero-order chi connectivity index (χ0) is 78.5. The summed E-state index contributed by atoms with van der Waals surface area (Å²) in [6, 6.07) is 18.0. The molecule has 0 radical (unpaired) electrons. The maximum absolute atomic E-state index is 10.7. The number of allylic oxidation sites excluding steroid dienone is 4. The summed E-state index contributed by atoms with van der Waals surface area (Å²) in [5, 5.41) is 28.6. The summed E-state index contributed by atoms with van der Waals surface area (Å²) in [5.41, 5.74) is 48.6. The number of aromatic nitrogens is 4. The van der Waals surface area contributed by atoms with Gasteiger partial charge in [0.25, 0.3) is 0 Å². The maximum atomic E-state index is 10.7. The van der Waals surface area contributed by atoms with Gasteiger partial charge in [-0.1, -0.05) is 154 Å². The zero-order valence-corrected chi connectivity index (χ0v) is 69.4. The van der Waals surface area contributed by atoms with E-state index < -0.39 is 0 Å². The van der Waals surface area contributed by atoms with Crippen molar-refractivity contribution in [3.8, 4) is 12.1 Å². The van der Waals surface area contributed by atoms with Gasteiger partial charge in [-0.15, -0.1) is 0 Å². The number of hydrogen-bond acceptors (Lipinski definition) is 11. The minimum absolute atomic E-state index is 0.0180. The summed E-state index contributed by atoms with van der Waals surface area (Å²) in [4.78, 5) is 33.2. The lowest BCUT2D eigenvalue weighted by Crippen LogP contribution is -2.22. The second kappa shape index (κ2) is 32.5. The number of amides is 1. The van der Waals surface area contributed by atoms with Gasteiger partial charge in [-0.05, 0) is 286 Å². The van der Waals surface area contributed by atoms with Gasteiger partial charge < -0.3 is 27.4 Å². The van der Waals surface area contributed by atoms with E-state index in [4.69, 9.17) is 28.0 Å². The van der Waals surface area contributed by atoms with Crippen molar-refractivity contribution >= 4 is 52.2 Å². The highest BCUT2D eigenvalue weighted by Gasteiger charge is 2.30. The lowest BCUT2D eigenvalue weighted by atomic mass is 9.74. The van der Waals surface area contributed by atoms with E-state index in [9.17, 15) is 15.3 Å². The van der Waals surface area contributed by atoms with Crippen molar-refractivity contribution in [1.29, 1.82) is 10.5 Å². The average Bonchev–Trinajstić information content (AvgIpc) is 0.791. The Balaban J connectivity index is 0.000000299. The number of carbonyl (C=O) groups excluding carboxylic acids is 1. The molecule has 0 bridgehead atoms. The Morgan fingerprint density at radius 3 is 1.02 bits per heavy atom. The molecule has 102 heavy (non-hydrogen) atoms. The molecule has 0 aliphatic heterocycles. The van der Waals surface area contributed by atoms with E-state index in [1.165, 1.54) is 22.3 Å². The number of anilines is 6. The van der Waals surface area contributed by atoms with Gasteiger partial charge >= 0.3 is 0 Å². The number of rotatable bonds is 10. The first kappa shape index (κ1) is 85.3. The van der Waals surface area contributed by atoms with E-state index in [1.54, 1.807) is 0 Å². The molecule has 0 unspecified atom stereocenters. The van der Waals surface area contributed by atoms with Gasteiger partial charge in [0.1, 0.15) is 0 Å². The van der Waals surface area contributed by atoms with Crippen molar-refractivity contribution < 1.29 is 4.79 Å². The van der Waals surface area contributed by atoms with Crippen LogP contribution in [0.2, 0.25) is 0 Å². The molecule has 0 aliphatic rings. The number of nitrogen functional groups attached to an aromatic ring is 2. The summed E-state index contributed by atoms with van der Waals surface area (Å²) in [6.45, 7) is 83.5. The van der Waals surface area contributed by atoms with Crippen LogP contribution in [0.15, 0.2) is 47.8 Å². The Hall–Kier alpha value is -9.12. The number of aryl methyl sites for hydroxylation is 4. The van der Waals surface area contributed by atoms with E-state index in [0.29, 0.717) is 18.3 Å². The lowest BCUT2D eigenvalue weighted by Gasteiger charge is -2.31. The first-order valence-electron chi connectivity index (χ1n) is 35.7. The van der Waals surface area contributed by atoms with Crippen LogP contribution in [0, 0.1) is 126 Å². The molecule has 13 nitrogen and oxygen atoms in total. The molecule has 0 atom stereocenters. The van der Waals surface area contributed by atoms with Crippen molar-refractivity contribution in [2.24, 2.45) is 0 Å². The smallest absolute Gasteiger partial charge is 0.227 e. The highest BCUT2D eigenvalue weighted by atomic mass is 16.1. The summed E-state index contributed by atoms with van der Waals surface area (Å²) >= 11 is 0. The summed E-state index contributed by atoms with van der Waals surface area (Å²) in [7, 11) is 0. The van der Waals surface area contributed by atoms with E-state index in [2.05, 4.69) is 239 Å². The van der Waals surface area contributed by atoms with Crippen LogP contribution in [0.25, 0.3) is 16.0 Å². The van der Waals surface area contributed by atoms with Crippen LogP contribution >= 0.6 is 0 Å². The van der Waals surface area contributed by atoms with Gasteiger partial charge in [0, 0.05) is 51.9 Å². The third kappa shape index (κ3) is 19.9. The van der Waals surface area contributed by atoms with Crippen molar-refractivity contribution in [1.82, 2.24) is 25.3 Å². The number of benzene rings is 5. The van der Waals surface area contributed by atoms with E-state index in [0.717, 1.165) is 175 Å². The first-order valence-corrected chi connectivity index (χ1v) is 35.7. The maximum Gasteiger partial charge on any atom is 0.227 e. The second-order valence-electron chi connectivity index (χ2n) is 34.3. The molecule has 7 rings (SSSR count). The monoisotopic (exact) mass is 1380 g/mol. The fourth-order valence-electron chi connectivity index (χ4n) is 12.7. The Labute approximate surface area is 616 Å². The summed E-state index contributed by atoms with van der Waals surface area (Å²) < 4.78 is 0.